The molecule has 1 nitrogen and oxygen atoms in total. The lowest BCUT2D eigenvalue weighted by Crippen LogP contribution is -2.28. The Balaban J connectivity index is 1.79. The lowest BCUT2D eigenvalue weighted by molar-refractivity contribution is 0.726. The molecule has 114 valence electrons. The van der Waals surface area contributed by atoms with E-state index in [4.69, 9.17) is 5.73 Å². The van der Waals surface area contributed by atoms with Crippen molar-refractivity contribution in [1.29, 1.82) is 0 Å². The van der Waals surface area contributed by atoms with Crippen LogP contribution in [0, 0.1) is 0 Å². The third kappa shape index (κ3) is 2.72. The van der Waals surface area contributed by atoms with Crippen LogP contribution in [0.2, 0.25) is 0 Å². The standard InChI is InChI=1S/C21H20NP/c22-21-19-14-8-7-9-16(19)15-20(21)23(17-10-3-1-4-11-17)18-12-5-2-6-13-18/h1-14,20-21H,15,22H2. The first-order chi connectivity index (χ1) is 11.3. The summed E-state index contributed by atoms with van der Waals surface area (Å²) in [6.07, 6.45) is 1.08. The van der Waals surface area contributed by atoms with Gasteiger partial charge in [0.1, 0.15) is 0 Å². The van der Waals surface area contributed by atoms with E-state index in [-0.39, 0.29) is 6.04 Å². The maximum Gasteiger partial charge on any atom is 0.0375 e. The van der Waals surface area contributed by atoms with Crippen molar-refractivity contribution in [3.63, 3.8) is 0 Å². The fourth-order valence-corrected chi connectivity index (χ4v) is 6.48. The molecule has 4 rings (SSSR count). The van der Waals surface area contributed by atoms with Crippen LogP contribution in [-0.4, -0.2) is 5.66 Å². The highest BCUT2D eigenvalue weighted by Gasteiger charge is 2.36. The molecule has 3 aromatic rings. The molecule has 2 N–H and O–H groups in total. The molecular formula is C21H20NP. The Bertz CT molecular complexity index is 746. The summed E-state index contributed by atoms with van der Waals surface area (Å²) in [4.78, 5) is 0. The van der Waals surface area contributed by atoms with Crippen LogP contribution in [-0.2, 0) is 6.42 Å². The summed E-state index contributed by atoms with van der Waals surface area (Å²) in [5.41, 5.74) is 9.90. The van der Waals surface area contributed by atoms with Gasteiger partial charge in [0.15, 0.2) is 0 Å². The summed E-state index contributed by atoms with van der Waals surface area (Å²) in [5.74, 6) is 0. The van der Waals surface area contributed by atoms with Crippen molar-refractivity contribution in [1.82, 2.24) is 0 Å². The summed E-state index contributed by atoms with van der Waals surface area (Å²) in [6, 6.07) is 30.6. The van der Waals surface area contributed by atoms with Crippen LogP contribution in [0.4, 0.5) is 0 Å². The van der Waals surface area contributed by atoms with Crippen LogP contribution in [0.3, 0.4) is 0 Å². The third-order valence-corrected chi connectivity index (χ3v) is 7.53. The van der Waals surface area contributed by atoms with Crippen LogP contribution in [0.1, 0.15) is 17.2 Å². The lowest BCUT2D eigenvalue weighted by atomic mass is 10.1. The second kappa shape index (κ2) is 6.28. The Morgan fingerprint density at radius 2 is 1.22 bits per heavy atom. The number of hydrogen-bond donors (Lipinski definition) is 1. The van der Waals surface area contributed by atoms with E-state index in [0.29, 0.717) is 5.66 Å². The quantitative estimate of drug-likeness (QED) is 0.732. The van der Waals surface area contributed by atoms with Gasteiger partial charge in [0.25, 0.3) is 0 Å². The molecule has 0 saturated heterocycles. The maximum atomic E-state index is 6.68. The number of hydrogen-bond acceptors (Lipinski definition) is 1. The van der Waals surface area contributed by atoms with Crippen LogP contribution >= 0.6 is 7.92 Å². The molecule has 1 aliphatic rings. The highest BCUT2D eigenvalue weighted by atomic mass is 31.1. The highest BCUT2D eigenvalue weighted by Crippen LogP contribution is 2.50. The Labute approximate surface area is 138 Å². The van der Waals surface area contributed by atoms with E-state index in [0.717, 1.165) is 6.42 Å². The fraction of sp³-hybridized carbons (Fsp3) is 0.143. The van der Waals surface area contributed by atoms with Gasteiger partial charge in [-0.1, -0.05) is 84.9 Å². The normalized spacial score (nSPS) is 19.7. The second-order valence-corrected chi connectivity index (χ2v) is 8.47. The van der Waals surface area contributed by atoms with Gasteiger partial charge in [0, 0.05) is 11.7 Å². The Hall–Kier alpha value is -1.95. The van der Waals surface area contributed by atoms with Crippen molar-refractivity contribution < 1.29 is 0 Å². The van der Waals surface area contributed by atoms with Gasteiger partial charge in [-0.05, 0) is 36.1 Å². The Kier molecular flexibility index (Phi) is 3.99. The van der Waals surface area contributed by atoms with Gasteiger partial charge < -0.3 is 5.73 Å². The molecular weight excluding hydrogens is 297 g/mol. The first-order valence-electron chi connectivity index (χ1n) is 8.07. The number of fused-ring (bicyclic) bond motifs is 1. The van der Waals surface area contributed by atoms with Crippen LogP contribution < -0.4 is 16.3 Å². The average Bonchev–Trinajstić information content (AvgIpc) is 2.94. The largest absolute Gasteiger partial charge is 0.323 e. The zero-order valence-electron chi connectivity index (χ0n) is 13.0. The van der Waals surface area contributed by atoms with Crippen molar-refractivity contribution in [2.45, 2.75) is 18.1 Å². The first kappa shape index (κ1) is 14.6. The van der Waals surface area contributed by atoms with Crippen LogP contribution in [0.5, 0.6) is 0 Å². The topological polar surface area (TPSA) is 26.0 Å². The molecule has 0 saturated carbocycles. The van der Waals surface area contributed by atoms with E-state index in [1.165, 1.54) is 21.7 Å². The van der Waals surface area contributed by atoms with E-state index in [2.05, 4.69) is 84.9 Å². The smallest absolute Gasteiger partial charge is 0.0375 e. The van der Waals surface area contributed by atoms with Crippen molar-refractivity contribution in [3.05, 3.63) is 96.1 Å². The van der Waals surface area contributed by atoms with Gasteiger partial charge in [-0.3, -0.25) is 0 Å². The molecule has 2 atom stereocenters. The zero-order valence-corrected chi connectivity index (χ0v) is 13.9. The van der Waals surface area contributed by atoms with Gasteiger partial charge in [-0.15, -0.1) is 0 Å². The molecule has 0 bridgehead atoms. The zero-order chi connectivity index (χ0) is 15.6. The van der Waals surface area contributed by atoms with E-state index in [9.17, 15) is 0 Å². The van der Waals surface area contributed by atoms with Gasteiger partial charge in [-0.2, -0.15) is 0 Å². The van der Waals surface area contributed by atoms with Gasteiger partial charge in [0.05, 0.1) is 0 Å². The monoisotopic (exact) mass is 317 g/mol. The predicted octanol–water partition coefficient (Wildman–Crippen LogP) is 3.74. The lowest BCUT2D eigenvalue weighted by Gasteiger charge is -2.28. The number of benzene rings is 3. The molecule has 3 aromatic carbocycles. The molecule has 0 aliphatic heterocycles. The van der Waals surface area contributed by atoms with Gasteiger partial charge in [-0.25, -0.2) is 0 Å². The second-order valence-electron chi connectivity index (χ2n) is 6.04. The highest BCUT2D eigenvalue weighted by molar-refractivity contribution is 7.73. The third-order valence-electron chi connectivity index (χ3n) is 4.66. The molecule has 2 heteroatoms. The molecule has 0 spiro atoms. The molecule has 2 unspecified atom stereocenters. The minimum Gasteiger partial charge on any atom is -0.323 e. The minimum absolute atomic E-state index is 0.123. The molecule has 0 fully saturated rings. The van der Waals surface area contributed by atoms with E-state index in [1.807, 2.05) is 0 Å². The summed E-state index contributed by atoms with van der Waals surface area (Å²) in [6.45, 7) is 0. The van der Waals surface area contributed by atoms with Crippen LogP contribution in [0.25, 0.3) is 0 Å². The van der Waals surface area contributed by atoms with Crippen molar-refractivity contribution >= 4 is 18.5 Å². The molecule has 1 aliphatic carbocycles. The van der Waals surface area contributed by atoms with Crippen molar-refractivity contribution in [3.8, 4) is 0 Å². The average molecular weight is 317 g/mol. The summed E-state index contributed by atoms with van der Waals surface area (Å²) in [5, 5.41) is 2.84. The summed E-state index contributed by atoms with van der Waals surface area (Å²) < 4.78 is 0. The SMILES string of the molecule is NC1c2ccccc2CC1P(c1ccccc1)c1ccccc1. The molecule has 0 heterocycles. The number of rotatable bonds is 3. The minimum atomic E-state index is -0.463. The van der Waals surface area contributed by atoms with E-state index >= 15 is 0 Å². The van der Waals surface area contributed by atoms with E-state index in [1.54, 1.807) is 0 Å². The molecule has 0 aromatic heterocycles. The molecule has 0 radical (unpaired) electrons. The Morgan fingerprint density at radius 1 is 0.696 bits per heavy atom. The van der Waals surface area contributed by atoms with Crippen LogP contribution in [0.15, 0.2) is 84.9 Å². The molecule has 23 heavy (non-hydrogen) atoms. The van der Waals surface area contributed by atoms with Crippen molar-refractivity contribution in [2.75, 3.05) is 0 Å². The Morgan fingerprint density at radius 3 is 1.78 bits per heavy atom. The van der Waals surface area contributed by atoms with Crippen molar-refractivity contribution in [2.24, 2.45) is 5.73 Å². The number of nitrogens with two attached hydrogens (primary N) is 1. The summed E-state index contributed by atoms with van der Waals surface area (Å²) in [7, 11) is -0.463. The molecule has 0 amide bonds. The fourth-order valence-electron chi connectivity index (χ4n) is 3.57. The summed E-state index contributed by atoms with van der Waals surface area (Å²) >= 11 is 0. The van der Waals surface area contributed by atoms with E-state index < -0.39 is 7.92 Å². The van der Waals surface area contributed by atoms with Gasteiger partial charge in [0.2, 0.25) is 0 Å². The maximum absolute atomic E-state index is 6.68. The first-order valence-corrected chi connectivity index (χ1v) is 9.48. The predicted molar refractivity (Wildman–Crippen MR) is 99.9 cm³/mol. The van der Waals surface area contributed by atoms with Gasteiger partial charge >= 0.3 is 0 Å².